The van der Waals surface area contributed by atoms with Crippen molar-refractivity contribution in [3.8, 4) is 12.3 Å². The van der Waals surface area contributed by atoms with Gasteiger partial charge in [-0.1, -0.05) is 32.1 Å². The fraction of sp³-hybridized carbons (Fsp3) is 0.632. The van der Waals surface area contributed by atoms with Crippen LogP contribution >= 0.6 is 0 Å². The summed E-state index contributed by atoms with van der Waals surface area (Å²) in [4.78, 5) is 23.6. The third-order valence-corrected chi connectivity index (χ3v) is 4.53. The molecule has 1 aliphatic carbocycles. The minimum Gasteiger partial charge on any atom is -0.352 e. The van der Waals surface area contributed by atoms with Crippen LogP contribution in [0.5, 0.6) is 0 Å². The first kappa shape index (κ1) is 18.3. The second-order valence-corrected chi connectivity index (χ2v) is 6.51. The SMILES string of the molecule is C#CCN(c1cc(C)nc(C)n1)C(CC)C(=O)NC1CCCCC1. The van der Waals surface area contributed by atoms with E-state index in [4.69, 9.17) is 6.42 Å². The Hall–Kier alpha value is -2.09. The van der Waals surface area contributed by atoms with E-state index in [0.29, 0.717) is 24.8 Å². The van der Waals surface area contributed by atoms with Gasteiger partial charge in [0.15, 0.2) is 0 Å². The molecule has 1 N–H and O–H groups in total. The average molecular weight is 328 g/mol. The van der Waals surface area contributed by atoms with E-state index in [1.807, 2.05) is 31.7 Å². The molecule has 1 aromatic heterocycles. The van der Waals surface area contributed by atoms with Crippen LogP contribution in [-0.2, 0) is 4.79 Å². The minimum absolute atomic E-state index is 0.0496. The predicted octanol–water partition coefficient (Wildman–Crippen LogP) is 2.76. The summed E-state index contributed by atoms with van der Waals surface area (Å²) in [7, 11) is 0. The highest BCUT2D eigenvalue weighted by Crippen LogP contribution is 2.20. The van der Waals surface area contributed by atoms with E-state index in [1.165, 1.54) is 19.3 Å². The van der Waals surface area contributed by atoms with Gasteiger partial charge in [-0.05, 0) is 33.1 Å². The molecule has 1 unspecified atom stereocenters. The maximum atomic E-state index is 12.8. The van der Waals surface area contributed by atoms with Crippen LogP contribution in [-0.4, -0.2) is 34.5 Å². The minimum atomic E-state index is -0.309. The van der Waals surface area contributed by atoms with Crippen molar-refractivity contribution >= 4 is 11.7 Å². The Morgan fingerprint density at radius 2 is 2.08 bits per heavy atom. The maximum absolute atomic E-state index is 12.8. The summed E-state index contributed by atoms with van der Waals surface area (Å²) in [6.07, 6.45) is 12.0. The van der Waals surface area contributed by atoms with Crippen molar-refractivity contribution in [1.82, 2.24) is 15.3 Å². The molecule has 2 rings (SSSR count). The zero-order valence-corrected chi connectivity index (χ0v) is 15.0. The van der Waals surface area contributed by atoms with Crippen molar-refractivity contribution in [2.75, 3.05) is 11.4 Å². The van der Waals surface area contributed by atoms with E-state index in [0.717, 1.165) is 24.4 Å². The number of aromatic nitrogens is 2. The third kappa shape index (κ3) is 4.70. The molecule has 1 aromatic rings. The average Bonchev–Trinajstić information content (AvgIpc) is 2.54. The summed E-state index contributed by atoms with van der Waals surface area (Å²) in [5, 5.41) is 3.22. The molecule has 0 radical (unpaired) electrons. The van der Waals surface area contributed by atoms with Gasteiger partial charge >= 0.3 is 0 Å². The van der Waals surface area contributed by atoms with Gasteiger partial charge in [-0.2, -0.15) is 0 Å². The van der Waals surface area contributed by atoms with Crippen molar-refractivity contribution in [3.63, 3.8) is 0 Å². The smallest absolute Gasteiger partial charge is 0.242 e. The maximum Gasteiger partial charge on any atom is 0.242 e. The number of aryl methyl sites for hydroxylation is 2. The fourth-order valence-corrected chi connectivity index (χ4v) is 3.39. The van der Waals surface area contributed by atoms with Crippen LogP contribution in [0.3, 0.4) is 0 Å². The Morgan fingerprint density at radius 3 is 2.67 bits per heavy atom. The molecule has 0 bridgehead atoms. The van der Waals surface area contributed by atoms with Gasteiger partial charge in [-0.15, -0.1) is 6.42 Å². The monoisotopic (exact) mass is 328 g/mol. The van der Waals surface area contributed by atoms with Crippen LogP contribution in [0.15, 0.2) is 6.07 Å². The van der Waals surface area contributed by atoms with E-state index in [1.54, 1.807) is 0 Å². The second kappa shape index (κ2) is 8.68. The van der Waals surface area contributed by atoms with Crippen LogP contribution in [0.25, 0.3) is 0 Å². The topological polar surface area (TPSA) is 58.1 Å². The Kier molecular flexibility index (Phi) is 6.60. The van der Waals surface area contributed by atoms with Gasteiger partial charge in [-0.3, -0.25) is 4.79 Å². The summed E-state index contributed by atoms with van der Waals surface area (Å²) in [5.74, 6) is 4.13. The number of amides is 1. The first-order chi connectivity index (χ1) is 11.5. The van der Waals surface area contributed by atoms with Crippen molar-refractivity contribution in [3.05, 3.63) is 17.6 Å². The molecule has 1 aliphatic rings. The molecule has 1 amide bonds. The molecule has 1 heterocycles. The number of rotatable bonds is 6. The van der Waals surface area contributed by atoms with Gasteiger partial charge in [0.25, 0.3) is 0 Å². The lowest BCUT2D eigenvalue weighted by Crippen LogP contribution is -2.50. The molecule has 5 heteroatoms. The zero-order valence-electron chi connectivity index (χ0n) is 15.0. The highest BCUT2D eigenvalue weighted by molar-refractivity contribution is 5.85. The highest BCUT2D eigenvalue weighted by Gasteiger charge is 2.27. The summed E-state index contributed by atoms with van der Waals surface area (Å²) < 4.78 is 0. The van der Waals surface area contributed by atoms with Crippen molar-refractivity contribution < 1.29 is 4.79 Å². The van der Waals surface area contributed by atoms with Crippen molar-refractivity contribution in [1.29, 1.82) is 0 Å². The van der Waals surface area contributed by atoms with Crippen LogP contribution in [0.4, 0.5) is 5.82 Å². The molecule has 5 nitrogen and oxygen atoms in total. The lowest BCUT2D eigenvalue weighted by atomic mass is 9.95. The number of nitrogens with one attached hydrogen (secondary N) is 1. The Labute approximate surface area is 145 Å². The van der Waals surface area contributed by atoms with Crippen LogP contribution in [0.2, 0.25) is 0 Å². The molecule has 24 heavy (non-hydrogen) atoms. The van der Waals surface area contributed by atoms with Gasteiger partial charge in [0.05, 0.1) is 6.54 Å². The van der Waals surface area contributed by atoms with E-state index >= 15 is 0 Å². The molecule has 1 atom stereocenters. The highest BCUT2D eigenvalue weighted by atomic mass is 16.2. The molecule has 1 fully saturated rings. The quantitative estimate of drug-likeness (QED) is 0.816. The van der Waals surface area contributed by atoms with Crippen LogP contribution in [0.1, 0.15) is 57.0 Å². The lowest BCUT2D eigenvalue weighted by molar-refractivity contribution is -0.123. The zero-order chi connectivity index (χ0) is 17.5. The Morgan fingerprint density at radius 1 is 1.38 bits per heavy atom. The molecule has 0 spiro atoms. The summed E-state index contributed by atoms with van der Waals surface area (Å²) >= 11 is 0. The Bertz CT molecular complexity index is 582. The molecule has 0 aliphatic heterocycles. The molecule has 130 valence electrons. The van der Waals surface area contributed by atoms with Crippen LogP contribution in [0, 0.1) is 26.2 Å². The standard InChI is InChI=1S/C19H28N4O/c1-5-12-23(18-13-14(3)20-15(4)21-18)17(6-2)19(24)22-16-10-8-7-9-11-16/h1,13,16-17H,6-12H2,2-4H3,(H,22,24). The molecule has 1 saturated carbocycles. The predicted molar refractivity (Wildman–Crippen MR) is 96.8 cm³/mol. The van der Waals surface area contributed by atoms with E-state index < -0.39 is 0 Å². The summed E-state index contributed by atoms with van der Waals surface area (Å²) in [5.41, 5.74) is 0.877. The van der Waals surface area contributed by atoms with E-state index in [9.17, 15) is 4.79 Å². The first-order valence-corrected chi connectivity index (χ1v) is 8.88. The van der Waals surface area contributed by atoms with Crippen molar-refractivity contribution in [2.24, 2.45) is 0 Å². The normalized spacial score (nSPS) is 16.2. The number of carbonyl (C=O) groups excluding carboxylic acids is 1. The van der Waals surface area contributed by atoms with Gasteiger partial charge in [0.2, 0.25) is 5.91 Å². The molecule has 0 saturated heterocycles. The van der Waals surface area contributed by atoms with Gasteiger partial charge in [0.1, 0.15) is 17.7 Å². The van der Waals surface area contributed by atoms with Crippen LogP contribution < -0.4 is 10.2 Å². The second-order valence-electron chi connectivity index (χ2n) is 6.51. The van der Waals surface area contributed by atoms with Gasteiger partial charge < -0.3 is 10.2 Å². The number of carbonyl (C=O) groups is 1. The number of hydrogen-bond acceptors (Lipinski definition) is 4. The number of anilines is 1. The fourth-order valence-electron chi connectivity index (χ4n) is 3.39. The Balaban J connectivity index is 2.19. The molecular formula is C19H28N4O. The van der Waals surface area contributed by atoms with Gasteiger partial charge in [-0.25, -0.2) is 9.97 Å². The van der Waals surface area contributed by atoms with E-state index in [-0.39, 0.29) is 11.9 Å². The largest absolute Gasteiger partial charge is 0.352 e. The lowest BCUT2D eigenvalue weighted by Gasteiger charge is -2.32. The number of nitrogens with zero attached hydrogens (tertiary/aromatic N) is 3. The van der Waals surface area contributed by atoms with Gasteiger partial charge in [0, 0.05) is 17.8 Å². The number of terminal acetylenes is 1. The molecule has 0 aromatic carbocycles. The number of hydrogen-bond donors (Lipinski definition) is 1. The van der Waals surface area contributed by atoms with Crippen molar-refractivity contribution in [2.45, 2.75) is 71.4 Å². The summed E-state index contributed by atoms with van der Waals surface area (Å²) in [6, 6.07) is 1.87. The summed E-state index contributed by atoms with van der Waals surface area (Å²) in [6.45, 7) is 6.14. The molecular weight excluding hydrogens is 300 g/mol. The van der Waals surface area contributed by atoms with E-state index in [2.05, 4.69) is 21.2 Å². The third-order valence-electron chi connectivity index (χ3n) is 4.53. The first-order valence-electron chi connectivity index (χ1n) is 8.88.